The summed E-state index contributed by atoms with van der Waals surface area (Å²) in [5.41, 5.74) is 4.69. The maximum Gasteiger partial charge on any atom is 0.333 e. The highest BCUT2D eigenvalue weighted by Crippen LogP contribution is 2.26. The number of H-pyrrole nitrogens is 1. The van der Waals surface area contributed by atoms with Crippen molar-refractivity contribution in [3.63, 3.8) is 0 Å². The normalized spacial score (nSPS) is 13.4. The fourth-order valence-electron chi connectivity index (χ4n) is 4.19. The average molecular weight is 523 g/mol. The Morgan fingerprint density at radius 3 is 2.18 bits per heavy atom. The van der Waals surface area contributed by atoms with Crippen LogP contribution in [0.4, 0.5) is 9.18 Å². The van der Waals surface area contributed by atoms with Crippen molar-refractivity contribution >= 4 is 40.4 Å². The van der Waals surface area contributed by atoms with Crippen LogP contribution in [-0.4, -0.2) is 76.5 Å². The van der Waals surface area contributed by atoms with Crippen molar-refractivity contribution < 1.29 is 28.4 Å². The molecular formula is C26H27FN6O5. The predicted molar refractivity (Wildman–Crippen MR) is 136 cm³/mol. The molecule has 11 nitrogen and oxygen atoms in total. The second-order valence-corrected chi connectivity index (χ2v) is 9.03. The summed E-state index contributed by atoms with van der Waals surface area (Å²) in [6.45, 7) is 4.27. The fourth-order valence-corrected chi connectivity index (χ4v) is 4.19. The van der Waals surface area contributed by atoms with Crippen molar-refractivity contribution in [1.29, 1.82) is 0 Å². The van der Waals surface area contributed by atoms with Gasteiger partial charge in [-0.3, -0.25) is 24.6 Å². The van der Waals surface area contributed by atoms with E-state index in [2.05, 4.69) is 21.2 Å². The molecule has 5 amide bonds. The molecule has 1 aromatic heterocycles. The lowest BCUT2D eigenvalue weighted by Gasteiger charge is -2.34. The number of benzene rings is 2. The summed E-state index contributed by atoms with van der Waals surface area (Å²) in [6.07, 6.45) is 1.18. The number of hydrogen-bond donors (Lipinski definition) is 4. The van der Waals surface area contributed by atoms with Gasteiger partial charge < -0.3 is 20.1 Å². The number of aromatic nitrogens is 1. The standard InChI is InChI=1S/C26H27FN6O5/c1-15(2)29-26(38)31-30-23(35)17-8-9-19(27)20-18(14-28-21(17)20)22(34)25(37)33-12-10-32(11-13-33)24(36)16-6-4-3-5-7-16/h3-9,14-15,28H,10-13H2,1-2H3,(H,30,35)(H2,29,31,38). The molecule has 1 aliphatic rings. The van der Waals surface area contributed by atoms with E-state index in [1.54, 1.807) is 43.0 Å². The third-order valence-corrected chi connectivity index (χ3v) is 6.05. The molecule has 0 spiro atoms. The molecule has 198 valence electrons. The molecule has 2 aromatic carbocycles. The zero-order valence-corrected chi connectivity index (χ0v) is 20.8. The van der Waals surface area contributed by atoms with Crippen LogP contribution in [0.1, 0.15) is 44.9 Å². The van der Waals surface area contributed by atoms with Crippen molar-refractivity contribution in [2.24, 2.45) is 0 Å². The number of ketones is 1. The molecule has 0 unspecified atom stereocenters. The summed E-state index contributed by atoms with van der Waals surface area (Å²) < 4.78 is 14.8. The first-order valence-electron chi connectivity index (χ1n) is 12.0. The number of carbonyl (C=O) groups excluding carboxylic acids is 5. The van der Waals surface area contributed by atoms with E-state index >= 15 is 0 Å². The molecule has 1 aliphatic heterocycles. The van der Waals surface area contributed by atoms with Gasteiger partial charge >= 0.3 is 6.03 Å². The molecule has 0 bridgehead atoms. The molecule has 0 radical (unpaired) electrons. The van der Waals surface area contributed by atoms with Gasteiger partial charge in [-0.25, -0.2) is 14.6 Å². The molecule has 4 rings (SSSR count). The van der Waals surface area contributed by atoms with E-state index in [1.165, 1.54) is 17.2 Å². The van der Waals surface area contributed by atoms with Crippen LogP contribution in [0.3, 0.4) is 0 Å². The smallest absolute Gasteiger partial charge is 0.333 e. The number of Topliss-reactive ketones (excluding diaryl/α,β-unsaturated/α-hetero) is 1. The van der Waals surface area contributed by atoms with E-state index in [-0.39, 0.29) is 60.2 Å². The second-order valence-electron chi connectivity index (χ2n) is 9.03. The Labute approximate surface area is 217 Å². The molecule has 0 atom stereocenters. The number of nitrogens with one attached hydrogen (secondary N) is 4. The topological polar surface area (TPSA) is 144 Å². The van der Waals surface area contributed by atoms with Crippen LogP contribution in [0.25, 0.3) is 10.9 Å². The number of rotatable bonds is 5. The van der Waals surface area contributed by atoms with Gasteiger partial charge in [-0.1, -0.05) is 18.2 Å². The van der Waals surface area contributed by atoms with Gasteiger partial charge in [0.2, 0.25) is 0 Å². The van der Waals surface area contributed by atoms with Crippen LogP contribution < -0.4 is 16.2 Å². The maximum absolute atomic E-state index is 14.8. The van der Waals surface area contributed by atoms with E-state index < -0.39 is 29.4 Å². The number of nitrogens with zero attached hydrogens (tertiary/aromatic N) is 2. The van der Waals surface area contributed by atoms with Gasteiger partial charge in [-0.15, -0.1) is 0 Å². The minimum Gasteiger partial charge on any atom is -0.360 e. The molecule has 12 heteroatoms. The fraction of sp³-hybridized carbons (Fsp3) is 0.269. The van der Waals surface area contributed by atoms with Crippen molar-refractivity contribution in [3.05, 3.63) is 71.2 Å². The molecule has 38 heavy (non-hydrogen) atoms. The lowest BCUT2D eigenvalue weighted by molar-refractivity contribution is -0.127. The predicted octanol–water partition coefficient (Wildman–Crippen LogP) is 1.83. The van der Waals surface area contributed by atoms with Gasteiger partial charge in [-0.2, -0.15) is 0 Å². The Kier molecular flexibility index (Phi) is 7.70. The minimum absolute atomic E-state index is 0.00277. The summed E-state index contributed by atoms with van der Waals surface area (Å²) in [4.78, 5) is 68.7. The molecule has 0 saturated carbocycles. The number of halogens is 1. The molecule has 3 aromatic rings. The minimum atomic E-state index is -0.940. The van der Waals surface area contributed by atoms with Gasteiger partial charge in [0.15, 0.2) is 0 Å². The molecule has 0 aliphatic carbocycles. The maximum atomic E-state index is 14.8. The number of aromatic amines is 1. The first kappa shape index (κ1) is 26.3. The monoisotopic (exact) mass is 522 g/mol. The molecule has 1 saturated heterocycles. The van der Waals surface area contributed by atoms with Crippen LogP contribution in [0.5, 0.6) is 0 Å². The first-order chi connectivity index (χ1) is 18.2. The lowest BCUT2D eigenvalue weighted by atomic mass is 10.0. The van der Waals surface area contributed by atoms with E-state index in [1.807, 2.05) is 6.07 Å². The highest BCUT2D eigenvalue weighted by Gasteiger charge is 2.31. The van der Waals surface area contributed by atoms with Crippen LogP contribution in [0.15, 0.2) is 48.7 Å². The molecule has 2 heterocycles. The van der Waals surface area contributed by atoms with Gasteiger partial charge in [0, 0.05) is 49.4 Å². The van der Waals surface area contributed by atoms with Crippen molar-refractivity contribution in [2.45, 2.75) is 19.9 Å². The Hall–Kier alpha value is -4.74. The van der Waals surface area contributed by atoms with Crippen molar-refractivity contribution in [1.82, 2.24) is 31.0 Å². The number of hydrazine groups is 1. The summed E-state index contributed by atoms with van der Waals surface area (Å²) >= 11 is 0. The number of carbonyl (C=O) groups is 5. The summed E-state index contributed by atoms with van der Waals surface area (Å²) in [5, 5.41) is 2.33. The van der Waals surface area contributed by atoms with E-state index in [9.17, 15) is 28.4 Å². The second kappa shape index (κ2) is 11.1. The van der Waals surface area contributed by atoms with Gasteiger partial charge in [-0.05, 0) is 38.1 Å². The number of hydrogen-bond acceptors (Lipinski definition) is 5. The lowest BCUT2D eigenvalue weighted by Crippen LogP contribution is -2.52. The van der Waals surface area contributed by atoms with Gasteiger partial charge in [0.1, 0.15) is 5.82 Å². The molecular weight excluding hydrogens is 495 g/mol. The Morgan fingerprint density at radius 1 is 0.868 bits per heavy atom. The third-order valence-electron chi connectivity index (χ3n) is 6.05. The summed E-state index contributed by atoms with van der Waals surface area (Å²) in [5.74, 6) is -3.48. The highest BCUT2D eigenvalue weighted by molar-refractivity contribution is 6.45. The zero-order chi connectivity index (χ0) is 27.4. The number of amides is 5. The van der Waals surface area contributed by atoms with Crippen molar-refractivity contribution in [2.75, 3.05) is 26.2 Å². The number of fused-ring (bicyclic) bond motifs is 1. The molecule has 4 N–H and O–H groups in total. The third kappa shape index (κ3) is 5.48. The Bertz CT molecular complexity index is 1400. The van der Waals surface area contributed by atoms with Gasteiger partial charge in [0.25, 0.3) is 23.5 Å². The first-order valence-corrected chi connectivity index (χ1v) is 12.0. The van der Waals surface area contributed by atoms with Crippen LogP contribution in [-0.2, 0) is 4.79 Å². The molecule has 1 fully saturated rings. The highest BCUT2D eigenvalue weighted by atomic mass is 19.1. The van der Waals surface area contributed by atoms with E-state index in [0.29, 0.717) is 5.56 Å². The zero-order valence-electron chi connectivity index (χ0n) is 20.8. The SMILES string of the molecule is CC(C)NC(=O)NNC(=O)c1ccc(F)c2c(C(=O)C(=O)N3CCN(C(=O)c4ccccc4)CC3)c[nH]c12. The Balaban J connectivity index is 1.46. The average Bonchev–Trinajstić information content (AvgIpc) is 3.37. The number of piperazine rings is 1. The largest absolute Gasteiger partial charge is 0.360 e. The van der Waals surface area contributed by atoms with E-state index in [0.717, 1.165) is 6.07 Å². The summed E-state index contributed by atoms with van der Waals surface area (Å²) in [6, 6.07) is 10.2. The quantitative estimate of drug-likeness (QED) is 0.230. The van der Waals surface area contributed by atoms with Crippen LogP contribution in [0, 0.1) is 5.82 Å². The summed E-state index contributed by atoms with van der Waals surface area (Å²) in [7, 11) is 0. The van der Waals surface area contributed by atoms with Crippen LogP contribution in [0.2, 0.25) is 0 Å². The number of urea groups is 1. The van der Waals surface area contributed by atoms with Gasteiger partial charge in [0.05, 0.1) is 16.6 Å². The van der Waals surface area contributed by atoms with Crippen LogP contribution >= 0.6 is 0 Å². The van der Waals surface area contributed by atoms with E-state index in [4.69, 9.17) is 0 Å². The van der Waals surface area contributed by atoms with Crippen molar-refractivity contribution in [3.8, 4) is 0 Å². The Morgan fingerprint density at radius 2 is 1.53 bits per heavy atom.